The van der Waals surface area contributed by atoms with Crippen LogP contribution in [0.3, 0.4) is 0 Å². The lowest BCUT2D eigenvalue weighted by Crippen LogP contribution is -2.13. The third-order valence-corrected chi connectivity index (χ3v) is 5.47. The van der Waals surface area contributed by atoms with E-state index in [0.717, 1.165) is 5.69 Å². The van der Waals surface area contributed by atoms with Crippen molar-refractivity contribution < 1.29 is 9.18 Å². The van der Waals surface area contributed by atoms with Gasteiger partial charge in [0.05, 0.1) is 29.2 Å². The number of anilines is 1. The van der Waals surface area contributed by atoms with E-state index in [9.17, 15) is 9.18 Å². The second kappa shape index (κ2) is 7.94. The highest BCUT2D eigenvalue weighted by molar-refractivity contribution is 6.30. The lowest BCUT2D eigenvalue weighted by Gasteiger charge is -2.11. The van der Waals surface area contributed by atoms with E-state index in [2.05, 4.69) is 15.5 Å². The molecule has 0 atom stereocenters. The number of fused-ring (bicyclic) bond motifs is 1. The molecule has 0 aliphatic rings. The average molecular weight is 446 g/mol. The molecule has 5 aromatic rings. The second-order valence-corrected chi connectivity index (χ2v) is 7.78. The van der Waals surface area contributed by atoms with Crippen molar-refractivity contribution >= 4 is 28.7 Å². The molecule has 0 unspecified atom stereocenters. The van der Waals surface area contributed by atoms with Crippen LogP contribution in [0.2, 0.25) is 5.02 Å². The van der Waals surface area contributed by atoms with Crippen LogP contribution in [-0.4, -0.2) is 25.3 Å². The molecular formula is C24H17ClFN5O. The Hall–Kier alpha value is -3.97. The first-order chi connectivity index (χ1) is 15.5. The van der Waals surface area contributed by atoms with Gasteiger partial charge in [0.2, 0.25) is 0 Å². The van der Waals surface area contributed by atoms with E-state index in [1.165, 1.54) is 12.3 Å². The zero-order valence-electron chi connectivity index (χ0n) is 17.0. The molecule has 0 saturated carbocycles. The van der Waals surface area contributed by atoms with Crippen LogP contribution in [0.25, 0.3) is 22.3 Å². The molecule has 32 heavy (non-hydrogen) atoms. The molecule has 0 fully saturated rings. The number of nitrogens with zero attached hydrogens (tertiary/aromatic N) is 4. The summed E-state index contributed by atoms with van der Waals surface area (Å²) in [6, 6.07) is 15.7. The zero-order chi connectivity index (χ0) is 22.2. The van der Waals surface area contributed by atoms with E-state index in [1.54, 1.807) is 52.9 Å². The van der Waals surface area contributed by atoms with Gasteiger partial charge in [-0.1, -0.05) is 17.7 Å². The van der Waals surface area contributed by atoms with E-state index in [4.69, 9.17) is 11.6 Å². The molecule has 0 saturated heterocycles. The molecule has 158 valence electrons. The number of nitrogens with one attached hydrogen (secondary N) is 1. The average Bonchev–Trinajstić information content (AvgIpc) is 3.44. The number of hydrogen-bond donors (Lipinski definition) is 1. The first-order valence-electron chi connectivity index (χ1n) is 9.84. The lowest BCUT2D eigenvalue weighted by molar-refractivity contribution is 0.102. The first-order valence-corrected chi connectivity index (χ1v) is 10.2. The Morgan fingerprint density at radius 1 is 1.06 bits per heavy atom. The summed E-state index contributed by atoms with van der Waals surface area (Å²) in [5.74, 6) is -0.712. The summed E-state index contributed by atoms with van der Waals surface area (Å²) < 4.78 is 18.1. The predicted octanol–water partition coefficient (Wildman–Crippen LogP) is 5.54. The van der Waals surface area contributed by atoms with Crippen molar-refractivity contribution in [2.45, 2.75) is 6.92 Å². The fourth-order valence-corrected chi connectivity index (χ4v) is 3.65. The number of carbonyl (C=O) groups excluding carboxylic acids is 1. The van der Waals surface area contributed by atoms with Crippen molar-refractivity contribution in [3.05, 3.63) is 101 Å². The highest BCUT2D eigenvalue weighted by Gasteiger charge is 2.16. The molecule has 2 aromatic carbocycles. The molecule has 0 spiro atoms. The Labute approximate surface area is 187 Å². The van der Waals surface area contributed by atoms with Crippen molar-refractivity contribution in [1.29, 1.82) is 0 Å². The third-order valence-electron chi connectivity index (χ3n) is 5.22. The van der Waals surface area contributed by atoms with Gasteiger partial charge >= 0.3 is 0 Å². The Balaban J connectivity index is 1.47. The van der Waals surface area contributed by atoms with E-state index in [1.807, 2.05) is 30.3 Å². The van der Waals surface area contributed by atoms with Crippen LogP contribution in [0.15, 0.2) is 79.4 Å². The van der Waals surface area contributed by atoms with Crippen LogP contribution in [0.1, 0.15) is 15.9 Å². The standard InChI is InChI=1S/C24H17ClFN5O/c1-15-10-21(26)19(16-12-27-31(14-16)18-7-5-17(25)6-8-18)11-22(15)29-24(32)20-13-28-30-9-3-2-4-23(20)30/h2-14H,1H3,(H,29,32). The van der Waals surface area contributed by atoms with Gasteiger partial charge in [-0.25, -0.2) is 13.6 Å². The van der Waals surface area contributed by atoms with Gasteiger partial charge in [-0.2, -0.15) is 10.2 Å². The molecule has 5 rings (SSSR count). The molecule has 0 aliphatic carbocycles. The molecule has 0 radical (unpaired) electrons. The zero-order valence-corrected chi connectivity index (χ0v) is 17.7. The summed E-state index contributed by atoms with van der Waals surface area (Å²) in [7, 11) is 0. The summed E-state index contributed by atoms with van der Waals surface area (Å²) >= 11 is 5.94. The number of carbonyl (C=O) groups is 1. The minimum absolute atomic E-state index is 0.316. The predicted molar refractivity (Wildman–Crippen MR) is 122 cm³/mol. The second-order valence-electron chi connectivity index (χ2n) is 7.34. The van der Waals surface area contributed by atoms with Crippen molar-refractivity contribution in [2.24, 2.45) is 0 Å². The molecule has 1 N–H and O–H groups in total. The largest absolute Gasteiger partial charge is 0.322 e. The van der Waals surface area contributed by atoms with Gasteiger partial charge in [0, 0.05) is 34.2 Å². The quantitative estimate of drug-likeness (QED) is 0.395. The van der Waals surface area contributed by atoms with Crippen LogP contribution in [0, 0.1) is 12.7 Å². The number of pyridine rings is 1. The number of rotatable bonds is 4. The molecule has 8 heteroatoms. The maximum atomic E-state index is 14.8. The maximum Gasteiger partial charge on any atom is 0.259 e. The van der Waals surface area contributed by atoms with Gasteiger partial charge in [0.15, 0.2) is 0 Å². The van der Waals surface area contributed by atoms with Crippen LogP contribution in [0.5, 0.6) is 0 Å². The number of halogens is 2. The topological polar surface area (TPSA) is 64.2 Å². The molecule has 1 amide bonds. The van der Waals surface area contributed by atoms with Crippen molar-refractivity contribution in [3.8, 4) is 16.8 Å². The maximum absolute atomic E-state index is 14.8. The summed E-state index contributed by atoms with van der Waals surface area (Å²) in [6.07, 6.45) is 6.60. The molecule has 0 bridgehead atoms. The SMILES string of the molecule is Cc1cc(F)c(-c2cnn(-c3ccc(Cl)cc3)c2)cc1NC(=O)c1cnn2ccccc12. The Bertz CT molecular complexity index is 1460. The number of aromatic nitrogens is 4. The fourth-order valence-electron chi connectivity index (χ4n) is 3.52. The Morgan fingerprint density at radius 2 is 1.88 bits per heavy atom. The summed E-state index contributed by atoms with van der Waals surface area (Å²) in [5, 5.41) is 12.0. The third kappa shape index (κ3) is 3.63. The molecule has 0 aliphatic heterocycles. The van der Waals surface area contributed by atoms with Crippen LogP contribution in [-0.2, 0) is 0 Å². The van der Waals surface area contributed by atoms with Gasteiger partial charge in [-0.05, 0) is 61.0 Å². The van der Waals surface area contributed by atoms with Gasteiger partial charge in [-0.3, -0.25) is 4.79 Å². The molecule has 3 aromatic heterocycles. The molecular weight excluding hydrogens is 429 g/mol. The highest BCUT2D eigenvalue weighted by atomic mass is 35.5. The van der Waals surface area contributed by atoms with E-state index in [0.29, 0.717) is 38.5 Å². The number of amides is 1. The highest BCUT2D eigenvalue weighted by Crippen LogP contribution is 2.30. The monoisotopic (exact) mass is 445 g/mol. The first kappa shape index (κ1) is 20.0. The van der Waals surface area contributed by atoms with Gasteiger partial charge in [0.25, 0.3) is 5.91 Å². The van der Waals surface area contributed by atoms with Crippen molar-refractivity contribution in [3.63, 3.8) is 0 Å². The van der Waals surface area contributed by atoms with Gasteiger partial charge in [-0.15, -0.1) is 0 Å². The smallest absolute Gasteiger partial charge is 0.259 e. The summed E-state index contributed by atoms with van der Waals surface area (Å²) in [6.45, 7) is 1.75. The lowest BCUT2D eigenvalue weighted by atomic mass is 10.0. The van der Waals surface area contributed by atoms with E-state index < -0.39 is 5.82 Å². The van der Waals surface area contributed by atoms with Crippen molar-refractivity contribution in [1.82, 2.24) is 19.4 Å². The van der Waals surface area contributed by atoms with Crippen LogP contribution in [0.4, 0.5) is 10.1 Å². The van der Waals surface area contributed by atoms with Crippen LogP contribution < -0.4 is 5.32 Å². The van der Waals surface area contributed by atoms with Gasteiger partial charge in [0.1, 0.15) is 5.82 Å². The van der Waals surface area contributed by atoms with E-state index in [-0.39, 0.29) is 5.91 Å². The fraction of sp³-hybridized carbons (Fsp3) is 0.0417. The van der Waals surface area contributed by atoms with Crippen LogP contribution >= 0.6 is 11.6 Å². The Kier molecular flexibility index (Phi) is 4.95. The normalized spacial score (nSPS) is 11.1. The Morgan fingerprint density at radius 3 is 2.69 bits per heavy atom. The number of aryl methyl sites for hydroxylation is 1. The number of benzene rings is 2. The van der Waals surface area contributed by atoms with E-state index >= 15 is 0 Å². The summed E-state index contributed by atoms with van der Waals surface area (Å²) in [4.78, 5) is 12.9. The van der Waals surface area contributed by atoms with Crippen molar-refractivity contribution in [2.75, 3.05) is 5.32 Å². The molecule has 6 nitrogen and oxygen atoms in total. The number of hydrogen-bond acceptors (Lipinski definition) is 3. The minimum atomic E-state index is -0.396. The van der Waals surface area contributed by atoms with Gasteiger partial charge < -0.3 is 5.32 Å². The minimum Gasteiger partial charge on any atom is -0.322 e. The molecule has 3 heterocycles. The summed E-state index contributed by atoms with van der Waals surface area (Å²) in [5.41, 5.74) is 3.98.